The first kappa shape index (κ1) is 14.9. The molecule has 1 nitrogen and oxygen atoms in total. The number of hydrogen-bond donors (Lipinski definition) is 1. The van der Waals surface area contributed by atoms with Gasteiger partial charge in [-0.1, -0.05) is 45.1 Å². The van der Waals surface area contributed by atoms with Crippen LogP contribution in [0.5, 0.6) is 0 Å². The van der Waals surface area contributed by atoms with E-state index in [4.69, 9.17) is 0 Å². The van der Waals surface area contributed by atoms with Crippen molar-refractivity contribution >= 4 is 0 Å². The van der Waals surface area contributed by atoms with Crippen molar-refractivity contribution in [2.45, 2.75) is 45.1 Å². The average molecular weight is 249 g/mol. The molecule has 0 spiro atoms. The highest BCUT2D eigenvalue weighted by molar-refractivity contribution is 5.27. The molecule has 0 bridgehead atoms. The third-order valence-electron chi connectivity index (χ3n) is 3.80. The smallest absolute Gasteiger partial charge is 0.123 e. The van der Waals surface area contributed by atoms with Gasteiger partial charge in [0, 0.05) is 11.5 Å². The number of likely N-dealkylation sites (N-methyl/N-ethyl adjacent to an activating group) is 1. The maximum absolute atomic E-state index is 13.0. The van der Waals surface area contributed by atoms with Crippen LogP contribution in [0.2, 0.25) is 0 Å². The van der Waals surface area contributed by atoms with Crippen LogP contribution in [0.3, 0.4) is 0 Å². The van der Waals surface area contributed by atoms with E-state index >= 15 is 0 Å². The summed E-state index contributed by atoms with van der Waals surface area (Å²) in [5.74, 6) is -0.187. The van der Waals surface area contributed by atoms with Crippen molar-refractivity contribution in [2.75, 3.05) is 7.05 Å². The highest BCUT2D eigenvalue weighted by atomic mass is 19.1. The lowest BCUT2D eigenvalue weighted by molar-refractivity contribution is 0.354. The molecular weight excluding hydrogens is 225 g/mol. The highest BCUT2D eigenvalue weighted by Gasteiger charge is 2.30. The lowest BCUT2D eigenvalue weighted by atomic mass is 9.75. The Labute approximate surface area is 110 Å². The number of rotatable bonds is 6. The van der Waals surface area contributed by atoms with E-state index in [1.165, 1.54) is 17.7 Å². The van der Waals surface area contributed by atoms with Crippen LogP contribution in [-0.4, -0.2) is 13.1 Å². The number of halogens is 1. The van der Waals surface area contributed by atoms with E-state index in [0.717, 1.165) is 18.4 Å². The molecule has 0 aliphatic rings. The Morgan fingerprint density at radius 1 is 1.33 bits per heavy atom. The molecule has 0 aliphatic carbocycles. The Morgan fingerprint density at radius 3 is 2.33 bits per heavy atom. The van der Waals surface area contributed by atoms with Gasteiger partial charge in [0.1, 0.15) is 5.82 Å². The average Bonchev–Trinajstić information content (AvgIpc) is 2.35. The van der Waals surface area contributed by atoms with Gasteiger partial charge in [-0.15, -0.1) is 0 Å². The third-order valence-corrected chi connectivity index (χ3v) is 3.80. The third kappa shape index (κ3) is 3.42. The van der Waals surface area contributed by atoms with Gasteiger partial charge in [-0.3, -0.25) is 0 Å². The fourth-order valence-electron chi connectivity index (χ4n) is 2.23. The molecule has 0 heterocycles. The molecule has 0 amide bonds. The number of hydrogen-bond acceptors (Lipinski definition) is 1. The van der Waals surface area contributed by atoms with E-state index in [2.05, 4.69) is 32.7 Å². The van der Waals surface area contributed by atoms with Gasteiger partial charge in [-0.2, -0.15) is 0 Å². The molecule has 0 saturated heterocycles. The van der Waals surface area contributed by atoms with Gasteiger partial charge < -0.3 is 5.32 Å². The zero-order valence-electron chi connectivity index (χ0n) is 11.9. The minimum absolute atomic E-state index is 0.0550. The maximum atomic E-state index is 13.0. The van der Waals surface area contributed by atoms with E-state index in [1.54, 1.807) is 0 Å². The van der Waals surface area contributed by atoms with Crippen LogP contribution < -0.4 is 5.32 Å². The van der Waals surface area contributed by atoms with E-state index in [1.807, 2.05) is 19.2 Å². The molecule has 1 aromatic rings. The summed E-state index contributed by atoms with van der Waals surface area (Å²) in [5.41, 5.74) is 2.33. The zero-order valence-corrected chi connectivity index (χ0v) is 11.9. The van der Waals surface area contributed by atoms with Crippen molar-refractivity contribution in [2.24, 2.45) is 0 Å². The molecule has 1 unspecified atom stereocenters. The summed E-state index contributed by atoms with van der Waals surface area (Å²) in [4.78, 5) is 0. The standard InChI is InChI=1S/C16H24FN/c1-6-12(2)11-15(18-5)16(3,4)13-7-9-14(17)10-8-13/h7-10,15,18H,2,6,11H2,1,3-5H3. The molecular formula is C16H24FN. The summed E-state index contributed by atoms with van der Waals surface area (Å²) >= 11 is 0. The first-order valence-electron chi connectivity index (χ1n) is 6.51. The fourth-order valence-corrected chi connectivity index (χ4v) is 2.23. The number of nitrogens with one attached hydrogen (secondary N) is 1. The lowest BCUT2D eigenvalue weighted by Gasteiger charge is -2.35. The Morgan fingerprint density at radius 2 is 1.89 bits per heavy atom. The summed E-state index contributed by atoms with van der Waals surface area (Å²) in [7, 11) is 1.97. The van der Waals surface area contributed by atoms with Gasteiger partial charge in [-0.05, 0) is 37.6 Å². The van der Waals surface area contributed by atoms with Crippen molar-refractivity contribution in [3.8, 4) is 0 Å². The van der Waals surface area contributed by atoms with E-state index in [0.29, 0.717) is 6.04 Å². The topological polar surface area (TPSA) is 12.0 Å². The summed E-state index contributed by atoms with van der Waals surface area (Å²) < 4.78 is 13.0. The van der Waals surface area contributed by atoms with Crippen molar-refractivity contribution in [3.63, 3.8) is 0 Å². The minimum atomic E-state index is -0.187. The Balaban J connectivity index is 2.94. The first-order valence-corrected chi connectivity index (χ1v) is 6.51. The van der Waals surface area contributed by atoms with Gasteiger partial charge >= 0.3 is 0 Å². The van der Waals surface area contributed by atoms with Gasteiger partial charge in [0.15, 0.2) is 0 Å². The van der Waals surface area contributed by atoms with Gasteiger partial charge in [0.05, 0.1) is 0 Å². The van der Waals surface area contributed by atoms with E-state index in [9.17, 15) is 4.39 Å². The van der Waals surface area contributed by atoms with Gasteiger partial charge in [0.2, 0.25) is 0 Å². The Bertz CT molecular complexity index is 392. The summed E-state index contributed by atoms with van der Waals surface area (Å²) in [5, 5.41) is 3.37. The van der Waals surface area contributed by atoms with Crippen molar-refractivity contribution in [3.05, 3.63) is 47.8 Å². The molecule has 0 saturated carbocycles. The maximum Gasteiger partial charge on any atom is 0.123 e. The summed E-state index contributed by atoms with van der Waals surface area (Å²) in [6.45, 7) is 10.6. The molecule has 0 aliphatic heterocycles. The number of benzene rings is 1. The molecule has 1 rings (SSSR count). The molecule has 18 heavy (non-hydrogen) atoms. The molecule has 2 heteroatoms. The highest BCUT2D eigenvalue weighted by Crippen LogP contribution is 2.30. The predicted molar refractivity (Wildman–Crippen MR) is 76.3 cm³/mol. The van der Waals surface area contributed by atoms with Gasteiger partial charge in [-0.25, -0.2) is 4.39 Å². The van der Waals surface area contributed by atoms with Crippen LogP contribution in [0.15, 0.2) is 36.4 Å². The largest absolute Gasteiger partial charge is 0.316 e. The van der Waals surface area contributed by atoms with Gasteiger partial charge in [0.25, 0.3) is 0 Å². The Hall–Kier alpha value is -1.15. The van der Waals surface area contributed by atoms with Crippen LogP contribution in [0.25, 0.3) is 0 Å². The van der Waals surface area contributed by atoms with Crippen molar-refractivity contribution in [1.82, 2.24) is 5.32 Å². The van der Waals surface area contributed by atoms with Crippen LogP contribution >= 0.6 is 0 Å². The van der Waals surface area contributed by atoms with Crippen LogP contribution in [0.1, 0.15) is 39.2 Å². The summed E-state index contributed by atoms with van der Waals surface area (Å²) in [6.07, 6.45) is 1.94. The normalized spacial score (nSPS) is 13.4. The van der Waals surface area contributed by atoms with Crippen LogP contribution in [-0.2, 0) is 5.41 Å². The van der Waals surface area contributed by atoms with E-state index in [-0.39, 0.29) is 11.2 Å². The first-order chi connectivity index (χ1) is 8.41. The zero-order chi connectivity index (χ0) is 13.8. The van der Waals surface area contributed by atoms with Crippen molar-refractivity contribution < 1.29 is 4.39 Å². The second-order valence-electron chi connectivity index (χ2n) is 5.38. The van der Waals surface area contributed by atoms with Crippen LogP contribution in [0, 0.1) is 5.82 Å². The molecule has 100 valence electrons. The SMILES string of the molecule is C=C(CC)CC(NC)C(C)(C)c1ccc(F)cc1. The Kier molecular flexibility index (Phi) is 5.09. The lowest BCUT2D eigenvalue weighted by Crippen LogP contribution is -2.43. The fraction of sp³-hybridized carbons (Fsp3) is 0.500. The quantitative estimate of drug-likeness (QED) is 0.750. The molecule has 0 fully saturated rings. The molecule has 0 aromatic heterocycles. The minimum Gasteiger partial charge on any atom is -0.316 e. The molecule has 1 aromatic carbocycles. The second kappa shape index (κ2) is 6.14. The van der Waals surface area contributed by atoms with Crippen LogP contribution in [0.4, 0.5) is 4.39 Å². The molecule has 1 N–H and O–H groups in total. The molecule has 1 atom stereocenters. The van der Waals surface area contributed by atoms with E-state index < -0.39 is 0 Å². The monoisotopic (exact) mass is 249 g/mol. The second-order valence-corrected chi connectivity index (χ2v) is 5.38. The molecule has 0 radical (unpaired) electrons. The summed E-state index contributed by atoms with van der Waals surface area (Å²) in [6, 6.07) is 7.09. The van der Waals surface area contributed by atoms with Crippen molar-refractivity contribution in [1.29, 1.82) is 0 Å². The predicted octanol–water partition coefficient (Wildman–Crippen LogP) is 4.05.